The minimum absolute atomic E-state index is 0.0496. The predicted molar refractivity (Wildman–Crippen MR) is 113 cm³/mol. The fourth-order valence-electron chi connectivity index (χ4n) is 2.58. The molecule has 0 radical (unpaired) electrons. The van der Waals surface area contributed by atoms with Crippen molar-refractivity contribution in [3.63, 3.8) is 0 Å². The molecule has 0 amide bonds. The Bertz CT molecular complexity index is 1010. The third-order valence-corrected chi connectivity index (χ3v) is 4.97. The molecule has 0 fully saturated rings. The molecule has 144 valence electrons. The molecular weight excluding hydrogens is 421 g/mol. The molecule has 3 aromatic rings. The van der Waals surface area contributed by atoms with Gasteiger partial charge in [-0.3, -0.25) is 0 Å². The van der Waals surface area contributed by atoms with Gasteiger partial charge in [-0.2, -0.15) is 0 Å². The van der Waals surface area contributed by atoms with Gasteiger partial charge in [-0.05, 0) is 36.4 Å². The van der Waals surface area contributed by atoms with Gasteiger partial charge in [0.2, 0.25) is 0 Å². The van der Waals surface area contributed by atoms with E-state index >= 15 is 0 Å². The quantitative estimate of drug-likeness (QED) is 0.442. The average Bonchev–Trinajstić information content (AvgIpc) is 2.67. The fraction of sp³-hybridized carbons (Fsp3) is 0.0952. The van der Waals surface area contributed by atoms with Crippen LogP contribution < -0.4 is 10.1 Å². The molecule has 0 saturated carbocycles. The van der Waals surface area contributed by atoms with Crippen molar-refractivity contribution in [3.8, 4) is 5.75 Å². The van der Waals surface area contributed by atoms with Crippen LogP contribution in [-0.2, 0) is 13.2 Å². The van der Waals surface area contributed by atoms with Gasteiger partial charge in [0.05, 0.1) is 10.6 Å². The first kappa shape index (κ1) is 20.3. The van der Waals surface area contributed by atoms with Crippen LogP contribution in [0.1, 0.15) is 21.5 Å². The van der Waals surface area contributed by atoms with Gasteiger partial charge in [-0.25, -0.2) is 4.79 Å². The summed E-state index contributed by atoms with van der Waals surface area (Å²) in [5.41, 5.74) is 2.45. The van der Waals surface area contributed by atoms with E-state index in [9.17, 15) is 9.90 Å². The first-order valence-corrected chi connectivity index (χ1v) is 9.49. The van der Waals surface area contributed by atoms with E-state index < -0.39 is 5.97 Å². The highest BCUT2D eigenvalue weighted by Gasteiger charge is 2.10. The van der Waals surface area contributed by atoms with Crippen LogP contribution in [0.15, 0.2) is 60.7 Å². The van der Waals surface area contributed by atoms with E-state index in [0.717, 1.165) is 11.1 Å². The highest BCUT2D eigenvalue weighted by atomic mass is 35.5. The second-order valence-corrected chi connectivity index (χ2v) is 7.24. The summed E-state index contributed by atoms with van der Waals surface area (Å²) in [5.74, 6) is -0.370. The molecule has 28 heavy (non-hydrogen) atoms. The molecule has 4 nitrogen and oxygen atoms in total. The molecule has 3 aromatic carbocycles. The van der Waals surface area contributed by atoms with Crippen LogP contribution in [0.3, 0.4) is 0 Å². The Morgan fingerprint density at radius 2 is 1.71 bits per heavy atom. The molecule has 0 aliphatic rings. The summed E-state index contributed by atoms with van der Waals surface area (Å²) in [4.78, 5) is 11.2. The Morgan fingerprint density at radius 1 is 0.929 bits per heavy atom. The van der Waals surface area contributed by atoms with Crippen molar-refractivity contribution in [2.75, 3.05) is 5.32 Å². The molecule has 0 spiro atoms. The molecule has 2 N–H and O–H groups in total. The van der Waals surface area contributed by atoms with E-state index in [4.69, 9.17) is 39.5 Å². The van der Waals surface area contributed by atoms with Crippen molar-refractivity contribution in [3.05, 3.63) is 92.4 Å². The zero-order chi connectivity index (χ0) is 20.1. The molecule has 0 aliphatic carbocycles. The van der Waals surface area contributed by atoms with E-state index in [2.05, 4.69) is 5.32 Å². The monoisotopic (exact) mass is 435 g/mol. The van der Waals surface area contributed by atoms with Crippen LogP contribution >= 0.6 is 34.8 Å². The number of nitrogens with one attached hydrogen (secondary N) is 1. The van der Waals surface area contributed by atoms with Crippen molar-refractivity contribution in [1.82, 2.24) is 0 Å². The summed E-state index contributed by atoms with van der Waals surface area (Å²) >= 11 is 18.0. The van der Waals surface area contributed by atoms with Gasteiger partial charge in [0.25, 0.3) is 0 Å². The molecular formula is C21H16Cl3NO3. The zero-order valence-electron chi connectivity index (χ0n) is 14.6. The summed E-state index contributed by atoms with van der Waals surface area (Å²) in [6.45, 7) is 0.752. The smallest absolute Gasteiger partial charge is 0.337 e. The van der Waals surface area contributed by atoms with Gasteiger partial charge in [-0.1, -0.05) is 59.1 Å². The number of benzene rings is 3. The summed E-state index contributed by atoms with van der Waals surface area (Å²) in [7, 11) is 0. The fourth-order valence-corrected chi connectivity index (χ4v) is 3.24. The first-order chi connectivity index (χ1) is 13.4. The Hall–Kier alpha value is -2.40. The van der Waals surface area contributed by atoms with Crippen molar-refractivity contribution in [2.45, 2.75) is 13.2 Å². The third kappa shape index (κ3) is 5.10. The maximum Gasteiger partial charge on any atom is 0.337 e. The van der Waals surface area contributed by atoms with Crippen LogP contribution in [-0.4, -0.2) is 11.1 Å². The number of hydrogen-bond acceptors (Lipinski definition) is 3. The van der Waals surface area contributed by atoms with Gasteiger partial charge >= 0.3 is 5.97 Å². The van der Waals surface area contributed by atoms with E-state index in [1.54, 1.807) is 24.3 Å². The highest BCUT2D eigenvalue weighted by Crippen LogP contribution is 2.26. The lowest BCUT2D eigenvalue weighted by Gasteiger charge is -2.14. The van der Waals surface area contributed by atoms with Gasteiger partial charge < -0.3 is 15.2 Å². The predicted octanol–water partition coefficient (Wildman–Crippen LogP) is 6.54. The first-order valence-electron chi connectivity index (χ1n) is 8.35. The van der Waals surface area contributed by atoms with Crippen LogP contribution in [0, 0.1) is 0 Å². The van der Waals surface area contributed by atoms with Crippen molar-refractivity contribution in [2.24, 2.45) is 0 Å². The van der Waals surface area contributed by atoms with Crippen molar-refractivity contribution in [1.29, 1.82) is 0 Å². The molecule has 0 atom stereocenters. The molecule has 0 heterocycles. The van der Waals surface area contributed by atoms with Crippen molar-refractivity contribution < 1.29 is 14.6 Å². The molecule has 0 aliphatic heterocycles. The molecule has 0 unspecified atom stereocenters. The number of carboxylic acid groups (broad SMARTS) is 1. The summed E-state index contributed by atoms with van der Waals surface area (Å²) in [5, 5.41) is 13.7. The largest absolute Gasteiger partial charge is 0.488 e. The number of rotatable bonds is 7. The maximum absolute atomic E-state index is 11.2. The molecule has 7 heteroatoms. The lowest BCUT2D eigenvalue weighted by molar-refractivity contribution is 0.0697. The molecule has 0 saturated heterocycles. The Morgan fingerprint density at radius 3 is 2.46 bits per heavy atom. The normalized spacial score (nSPS) is 10.5. The van der Waals surface area contributed by atoms with Crippen LogP contribution in [0.4, 0.5) is 5.69 Å². The molecule has 0 bridgehead atoms. The number of hydrogen-bond donors (Lipinski definition) is 2. The van der Waals surface area contributed by atoms with Gasteiger partial charge in [0.15, 0.2) is 0 Å². The Balaban J connectivity index is 1.70. The van der Waals surface area contributed by atoms with Crippen LogP contribution in [0.2, 0.25) is 15.1 Å². The van der Waals surface area contributed by atoms with E-state index in [1.165, 1.54) is 6.07 Å². The van der Waals surface area contributed by atoms with E-state index in [1.807, 2.05) is 30.3 Å². The number of ether oxygens (including phenoxy) is 1. The summed E-state index contributed by atoms with van der Waals surface area (Å²) in [6.07, 6.45) is 0. The van der Waals surface area contributed by atoms with E-state index in [-0.39, 0.29) is 10.6 Å². The second kappa shape index (κ2) is 9.20. The minimum Gasteiger partial charge on any atom is -0.488 e. The van der Waals surface area contributed by atoms with Crippen LogP contribution in [0.25, 0.3) is 0 Å². The maximum atomic E-state index is 11.2. The zero-order valence-corrected chi connectivity index (χ0v) is 16.9. The number of para-hydroxylation sites is 1. The lowest BCUT2D eigenvalue weighted by atomic mass is 10.1. The average molecular weight is 437 g/mol. The third-order valence-electron chi connectivity index (χ3n) is 4.05. The van der Waals surface area contributed by atoms with Gasteiger partial charge in [-0.15, -0.1) is 0 Å². The number of aromatic carboxylic acids is 1. The van der Waals surface area contributed by atoms with Gasteiger partial charge in [0, 0.05) is 33.4 Å². The number of anilines is 1. The summed E-state index contributed by atoms with van der Waals surface area (Å²) < 4.78 is 5.93. The summed E-state index contributed by atoms with van der Waals surface area (Å²) in [6, 6.07) is 17.6. The second-order valence-electron chi connectivity index (χ2n) is 5.99. The lowest BCUT2D eigenvalue weighted by Crippen LogP contribution is -2.05. The van der Waals surface area contributed by atoms with E-state index in [0.29, 0.717) is 34.6 Å². The van der Waals surface area contributed by atoms with Crippen molar-refractivity contribution >= 4 is 46.5 Å². The Kier molecular flexibility index (Phi) is 6.68. The molecule has 0 aromatic heterocycles. The molecule has 3 rings (SSSR count). The van der Waals surface area contributed by atoms with Crippen LogP contribution in [0.5, 0.6) is 5.75 Å². The van der Waals surface area contributed by atoms with Gasteiger partial charge in [0.1, 0.15) is 12.4 Å². The standard InChI is InChI=1S/C21H16Cl3NO3/c22-15-6-5-14(19(24)9-15)12-28-20-4-2-1-3-13(20)11-25-16-7-8-18(23)17(10-16)21(26)27/h1-10,25H,11-12H2,(H,26,27). The highest BCUT2D eigenvalue weighted by molar-refractivity contribution is 6.35. The minimum atomic E-state index is -1.07. The SMILES string of the molecule is O=C(O)c1cc(NCc2ccccc2OCc2ccc(Cl)cc2Cl)ccc1Cl. The topological polar surface area (TPSA) is 58.6 Å². The number of carboxylic acids is 1. The Labute approximate surface area is 177 Å². The number of carbonyl (C=O) groups is 1. The number of halogens is 3.